The Bertz CT molecular complexity index is 287. The summed E-state index contributed by atoms with van der Waals surface area (Å²) in [6, 6.07) is -1.04. The number of carbonyl (C=O) groups excluding carboxylic acids is 2. The molecule has 0 aromatic carbocycles. The number of rotatable bonds is 2. The van der Waals surface area contributed by atoms with Gasteiger partial charge in [0.1, 0.15) is 6.04 Å². The van der Waals surface area contributed by atoms with Crippen LogP contribution < -0.4 is 10.6 Å². The van der Waals surface area contributed by atoms with Gasteiger partial charge in [0.25, 0.3) is 0 Å². The molecule has 0 aromatic heterocycles. The molecule has 1 atom stereocenters. The van der Waals surface area contributed by atoms with E-state index in [-0.39, 0.29) is 11.6 Å². The molecule has 17 heavy (non-hydrogen) atoms. The van der Waals surface area contributed by atoms with E-state index in [0.29, 0.717) is 0 Å². The van der Waals surface area contributed by atoms with E-state index < -0.39 is 17.4 Å². The molecular formula is C12H24N2O3. The van der Waals surface area contributed by atoms with Crippen LogP contribution >= 0.6 is 0 Å². The molecule has 0 rings (SSSR count). The van der Waals surface area contributed by atoms with Crippen LogP contribution in [-0.2, 0) is 9.53 Å². The summed E-state index contributed by atoms with van der Waals surface area (Å²) in [6.45, 7) is 11.2. The maximum atomic E-state index is 11.7. The summed E-state index contributed by atoms with van der Waals surface area (Å²) < 4.78 is 4.69. The second-order valence-corrected chi connectivity index (χ2v) is 6.17. The number of nitrogens with one attached hydrogen (secondary N) is 2. The average Bonchev–Trinajstić information content (AvgIpc) is 2.08. The summed E-state index contributed by atoms with van der Waals surface area (Å²) >= 11 is 0. The van der Waals surface area contributed by atoms with Gasteiger partial charge in [0.15, 0.2) is 0 Å². The number of urea groups is 1. The lowest BCUT2D eigenvalue weighted by atomic mass is 9.87. The lowest BCUT2D eigenvalue weighted by Crippen LogP contribution is -2.55. The number of hydrogen-bond donors (Lipinski definition) is 2. The molecule has 5 heteroatoms. The normalized spacial score (nSPS) is 13.8. The topological polar surface area (TPSA) is 67.4 Å². The van der Waals surface area contributed by atoms with E-state index in [1.165, 1.54) is 7.11 Å². The Hall–Kier alpha value is -1.26. The third-order valence-electron chi connectivity index (χ3n) is 2.07. The highest BCUT2D eigenvalue weighted by Gasteiger charge is 2.34. The quantitative estimate of drug-likeness (QED) is 0.726. The Labute approximate surface area is 103 Å². The molecule has 100 valence electrons. The molecule has 0 aliphatic rings. The zero-order chi connectivity index (χ0) is 13.9. The molecular weight excluding hydrogens is 220 g/mol. The van der Waals surface area contributed by atoms with Crippen molar-refractivity contribution in [2.45, 2.75) is 53.1 Å². The Morgan fingerprint density at radius 3 is 1.82 bits per heavy atom. The maximum absolute atomic E-state index is 11.7. The predicted octanol–water partition coefficient (Wildman–Crippen LogP) is 1.67. The van der Waals surface area contributed by atoms with Crippen LogP contribution in [0.2, 0.25) is 0 Å². The van der Waals surface area contributed by atoms with E-state index in [1.807, 2.05) is 41.5 Å². The molecule has 0 fully saturated rings. The van der Waals surface area contributed by atoms with Gasteiger partial charge in [-0.2, -0.15) is 0 Å². The standard InChI is InChI=1S/C12H24N2O3/c1-11(2,3)8(9(15)17-7)13-10(16)14-12(4,5)6/h8H,1-7H3,(H2,13,14,16). The fourth-order valence-electron chi connectivity index (χ4n) is 1.25. The molecule has 5 nitrogen and oxygen atoms in total. The van der Waals surface area contributed by atoms with Crippen LogP contribution in [0, 0.1) is 5.41 Å². The smallest absolute Gasteiger partial charge is 0.328 e. The summed E-state index contributed by atoms with van der Waals surface area (Å²) in [4.78, 5) is 23.3. The first kappa shape index (κ1) is 15.7. The second kappa shape index (κ2) is 5.38. The van der Waals surface area contributed by atoms with Crippen LogP contribution in [0.1, 0.15) is 41.5 Å². The molecule has 1 unspecified atom stereocenters. The molecule has 0 saturated carbocycles. The van der Waals surface area contributed by atoms with Crippen molar-refractivity contribution in [1.82, 2.24) is 10.6 Å². The van der Waals surface area contributed by atoms with Crippen molar-refractivity contribution < 1.29 is 14.3 Å². The lowest BCUT2D eigenvalue weighted by molar-refractivity contribution is -0.145. The van der Waals surface area contributed by atoms with Crippen LogP contribution in [0.4, 0.5) is 4.79 Å². The van der Waals surface area contributed by atoms with Crippen LogP contribution in [0.5, 0.6) is 0 Å². The zero-order valence-electron chi connectivity index (χ0n) is 11.8. The SMILES string of the molecule is COC(=O)C(NC(=O)NC(C)(C)C)C(C)(C)C. The summed E-state index contributed by atoms with van der Waals surface area (Å²) in [6.07, 6.45) is 0. The fourth-order valence-corrected chi connectivity index (χ4v) is 1.25. The van der Waals surface area contributed by atoms with Crippen molar-refractivity contribution in [1.29, 1.82) is 0 Å². The van der Waals surface area contributed by atoms with E-state index in [4.69, 9.17) is 0 Å². The van der Waals surface area contributed by atoms with E-state index in [0.717, 1.165) is 0 Å². The van der Waals surface area contributed by atoms with Crippen molar-refractivity contribution in [3.8, 4) is 0 Å². The molecule has 0 saturated heterocycles. The van der Waals surface area contributed by atoms with Gasteiger partial charge < -0.3 is 15.4 Å². The van der Waals surface area contributed by atoms with Gasteiger partial charge in [0, 0.05) is 5.54 Å². The minimum Gasteiger partial charge on any atom is -0.467 e. The fraction of sp³-hybridized carbons (Fsp3) is 0.833. The molecule has 0 spiro atoms. The largest absolute Gasteiger partial charge is 0.467 e. The predicted molar refractivity (Wildman–Crippen MR) is 66.7 cm³/mol. The molecule has 2 amide bonds. The van der Waals surface area contributed by atoms with Crippen LogP contribution in [-0.4, -0.2) is 30.7 Å². The van der Waals surface area contributed by atoms with E-state index in [9.17, 15) is 9.59 Å². The molecule has 0 aliphatic carbocycles. The van der Waals surface area contributed by atoms with Gasteiger partial charge in [-0.05, 0) is 26.2 Å². The first-order valence-corrected chi connectivity index (χ1v) is 5.64. The van der Waals surface area contributed by atoms with Gasteiger partial charge in [-0.25, -0.2) is 9.59 Å². The number of hydrogen-bond acceptors (Lipinski definition) is 3. The van der Waals surface area contributed by atoms with Gasteiger partial charge in [-0.1, -0.05) is 20.8 Å². The minimum absolute atomic E-state index is 0.345. The summed E-state index contributed by atoms with van der Waals surface area (Å²) in [5, 5.41) is 5.38. The van der Waals surface area contributed by atoms with Crippen LogP contribution in [0.15, 0.2) is 0 Å². The number of ether oxygens (including phenoxy) is 1. The van der Waals surface area contributed by atoms with Gasteiger partial charge in [0.05, 0.1) is 7.11 Å². The first-order chi connectivity index (χ1) is 7.47. The lowest BCUT2D eigenvalue weighted by Gasteiger charge is -2.30. The number of amides is 2. The monoisotopic (exact) mass is 244 g/mol. The number of esters is 1. The van der Waals surface area contributed by atoms with Crippen molar-refractivity contribution in [3.05, 3.63) is 0 Å². The average molecular weight is 244 g/mol. The zero-order valence-corrected chi connectivity index (χ0v) is 11.8. The summed E-state index contributed by atoms with van der Waals surface area (Å²) in [7, 11) is 1.31. The Morgan fingerprint density at radius 2 is 1.53 bits per heavy atom. The second-order valence-electron chi connectivity index (χ2n) is 6.17. The Kier molecular flexibility index (Phi) is 4.98. The molecule has 0 aromatic rings. The number of carbonyl (C=O) groups is 2. The van der Waals surface area contributed by atoms with Gasteiger partial charge in [0.2, 0.25) is 0 Å². The van der Waals surface area contributed by atoms with Crippen LogP contribution in [0.3, 0.4) is 0 Å². The molecule has 0 bridgehead atoms. The third-order valence-corrected chi connectivity index (χ3v) is 2.07. The van der Waals surface area contributed by atoms with Gasteiger partial charge in [-0.15, -0.1) is 0 Å². The summed E-state index contributed by atoms with van der Waals surface area (Å²) in [5.41, 5.74) is -0.745. The van der Waals surface area contributed by atoms with Crippen molar-refractivity contribution in [3.63, 3.8) is 0 Å². The number of methoxy groups -OCH3 is 1. The van der Waals surface area contributed by atoms with Crippen molar-refractivity contribution in [2.24, 2.45) is 5.41 Å². The molecule has 2 N–H and O–H groups in total. The van der Waals surface area contributed by atoms with E-state index in [1.54, 1.807) is 0 Å². The van der Waals surface area contributed by atoms with E-state index >= 15 is 0 Å². The van der Waals surface area contributed by atoms with Gasteiger partial charge >= 0.3 is 12.0 Å². The summed E-state index contributed by atoms with van der Waals surface area (Å²) in [5.74, 6) is -0.443. The Morgan fingerprint density at radius 1 is 1.06 bits per heavy atom. The maximum Gasteiger partial charge on any atom is 0.328 e. The van der Waals surface area contributed by atoms with Crippen LogP contribution in [0.25, 0.3) is 0 Å². The molecule has 0 aliphatic heterocycles. The Balaban J connectivity index is 4.67. The van der Waals surface area contributed by atoms with Gasteiger partial charge in [-0.3, -0.25) is 0 Å². The van der Waals surface area contributed by atoms with Crippen molar-refractivity contribution in [2.75, 3.05) is 7.11 Å². The highest BCUT2D eigenvalue weighted by Crippen LogP contribution is 2.20. The molecule has 0 radical (unpaired) electrons. The molecule has 0 heterocycles. The van der Waals surface area contributed by atoms with Crippen molar-refractivity contribution >= 4 is 12.0 Å². The third kappa shape index (κ3) is 6.14. The highest BCUT2D eigenvalue weighted by atomic mass is 16.5. The van der Waals surface area contributed by atoms with E-state index in [2.05, 4.69) is 15.4 Å². The highest BCUT2D eigenvalue weighted by molar-refractivity contribution is 5.84. The first-order valence-electron chi connectivity index (χ1n) is 5.64. The minimum atomic E-state index is -0.671.